The Morgan fingerprint density at radius 2 is 1.93 bits per heavy atom. The highest BCUT2D eigenvalue weighted by atomic mass is 79.9. The smallest absolute Gasteiger partial charge is 0.119 e. The topological polar surface area (TPSA) is 9.23 Å². The molecule has 2 rings (SSSR count). The molecule has 0 N–H and O–H groups in total. The second kappa shape index (κ2) is 4.83. The Balaban J connectivity index is 1.71. The van der Waals surface area contributed by atoms with E-state index in [1.54, 1.807) is 0 Å². The van der Waals surface area contributed by atoms with Crippen LogP contribution in [0.5, 0.6) is 5.75 Å². The molecule has 1 aliphatic rings. The number of rotatable bonds is 4. The molecule has 1 saturated carbocycles. The first-order chi connectivity index (χ1) is 6.84. The van der Waals surface area contributed by atoms with Crippen molar-refractivity contribution in [3.05, 3.63) is 28.7 Å². The van der Waals surface area contributed by atoms with Crippen LogP contribution in [0.1, 0.15) is 25.7 Å². The Kier molecular flexibility index (Phi) is 3.46. The van der Waals surface area contributed by atoms with E-state index in [9.17, 15) is 0 Å². The van der Waals surface area contributed by atoms with Crippen molar-refractivity contribution in [2.24, 2.45) is 5.92 Å². The van der Waals surface area contributed by atoms with Gasteiger partial charge in [0.05, 0.1) is 6.61 Å². The predicted octanol–water partition coefficient (Wildman–Crippen LogP) is 4.02. The van der Waals surface area contributed by atoms with Gasteiger partial charge in [-0.1, -0.05) is 35.2 Å². The van der Waals surface area contributed by atoms with Crippen molar-refractivity contribution in [3.8, 4) is 5.75 Å². The maximum absolute atomic E-state index is 5.65. The van der Waals surface area contributed by atoms with Gasteiger partial charge >= 0.3 is 0 Å². The minimum Gasteiger partial charge on any atom is -0.494 e. The Bertz CT molecular complexity index is 277. The van der Waals surface area contributed by atoms with E-state index in [0.717, 1.165) is 22.7 Å². The van der Waals surface area contributed by atoms with Gasteiger partial charge in [0.25, 0.3) is 0 Å². The van der Waals surface area contributed by atoms with E-state index in [2.05, 4.69) is 15.9 Å². The monoisotopic (exact) mass is 254 g/mol. The summed E-state index contributed by atoms with van der Waals surface area (Å²) >= 11 is 3.40. The molecule has 0 saturated heterocycles. The van der Waals surface area contributed by atoms with E-state index in [-0.39, 0.29) is 0 Å². The molecule has 0 aromatic heterocycles. The van der Waals surface area contributed by atoms with Crippen LogP contribution in [0.25, 0.3) is 0 Å². The molecule has 0 aliphatic heterocycles. The normalized spacial score (nSPS) is 16.4. The van der Waals surface area contributed by atoms with Crippen molar-refractivity contribution in [3.63, 3.8) is 0 Å². The zero-order valence-corrected chi connectivity index (χ0v) is 9.79. The first-order valence-electron chi connectivity index (χ1n) is 5.23. The molecule has 0 bridgehead atoms. The van der Waals surface area contributed by atoms with Crippen molar-refractivity contribution < 1.29 is 4.74 Å². The van der Waals surface area contributed by atoms with Crippen molar-refractivity contribution >= 4 is 15.9 Å². The van der Waals surface area contributed by atoms with Crippen LogP contribution in [0.15, 0.2) is 28.7 Å². The van der Waals surface area contributed by atoms with Crippen LogP contribution in [-0.4, -0.2) is 6.61 Å². The van der Waals surface area contributed by atoms with Crippen LogP contribution in [0.4, 0.5) is 0 Å². The predicted molar refractivity (Wildman–Crippen MR) is 61.6 cm³/mol. The molecule has 0 spiro atoms. The molecule has 14 heavy (non-hydrogen) atoms. The molecule has 76 valence electrons. The van der Waals surface area contributed by atoms with E-state index in [4.69, 9.17) is 4.74 Å². The molecular weight excluding hydrogens is 240 g/mol. The van der Waals surface area contributed by atoms with Gasteiger partial charge in [-0.3, -0.25) is 0 Å². The standard InChI is InChI=1S/C12H15BrO/c13-11-4-6-12(7-5-11)14-9-8-10-2-1-3-10/h4-7,10H,1-3,8-9H2. The largest absolute Gasteiger partial charge is 0.494 e. The zero-order chi connectivity index (χ0) is 9.80. The highest BCUT2D eigenvalue weighted by Gasteiger charge is 2.16. The second-order valence-corrected chi connectivity index (χ2v) is 4.80. The van der Waals surface area contributed by atoms with Crippen LogP contribution in [0.3, 0.4) is 0 Å². The molecule has 0 radical (unpaired) electrons. The number of hydrogen-bond donors (Lipinski definition) is 0. The molecule has 1 nitrogen and oxygen atoms in total. The van der Waals surface area contributed by atoms with E-state index in [1.165, 1.54) is 25.7 Å². The van der Waals surface area contributed by atoms with Gasteiger partial charge in [-0.05, 0) is 36.6 Å². The summed E-state index contributed by atoms with van der Waals surface area (Å²) in [6.45, 7) is 0.867. The van der Waals surface area contributed by atoms with Crippen LogP contribution < -0.4 is 4.74 Å². The third kappa shape index (κ3) is 2.74. The van der Waals surface area contributed by atoms with Gasteiger partial charge in [0.1, 0.15) is 5.75 Å². The fourth-order valence-electron chi connectivity index (χ4n) is 1.66. The second-order valence-electron chi connectivity index (χ2n) is 3.89. The molecule has 2 heteroatoms. The van der Waals surface area contributed by atoms with Gasteiger partial charge < -0.3 is 4.74 Å². The first-order valence-corrected chi connectivity index (χ1v) is 6.02. The minimum atomic E-state index is 0.867. The van der Waals surface area contributed by atoms with Crippen LogP contribution >= 0.6 is 15.9 Å². The number of ether oxygens (including phenoxy) is 1. The van der Waals surface area contributed by atoms with Crippen LogP contribution in [0.2, 0.25) is 0 Å². The van der Waals surface area contributed by atoms with Crippen molar-refractivity contribution in [2.45, 2.75) is 25.7 Å². The number of hydrogen-bond acceptors (Lipinski definition) is 1. The maximum Gasteiger partial charge on any atom is 0.119 e. The molecule has 1 aromatic carbocycles. The summed E-state index contributed by atoms with van der Waals surface area (Å²) in [7, 11) is 0. The highest BCUT2D eigenvalue weighted by Crippen LogP contribution is 2.29. The minimum absolute atomic E-state index is 0.867. The first kappa shape index (κ1) is 10.0. The average Bonchev–Trinajstić information content (AvgIpc) is 2.12. The Morgan fingerprint density at radius 3 is 2.50 bits per heavy atom. The molecule has 1 aromatic rings. The molecule has 0 heterocycles. The fraction of sp³-hybridized carbons (Fsp3) is 0.500. The Morgan fingerprint density at radius 1 is 1.21 bits per heavy atom. The van der Waals surface area contributed by atoms with Gasteiger partial charge in [0.2, 0.25) is 0 Å². The van der Waals surface area contributed by atoms with Crippen molar-refractivity contribution in [1.82, 2.24) is 0 Å². The summed E-state index contributed by atoms with van der Waals surface area (Å²) in [4.78, 5) is 0. The van der Waals surface area contributed by atoms with E-state index in [1.807, 2.05) is 24.3 Å². The molecule has 0 atom stereocenters. The Hall–Kier alpha value is -0.500. The zero-order valence-electron chi connectivity index (χ0n) is 8.21. The van der Waals surface area contributed by atoms with Gasteiger partial charge in [0, 0.05) is 4.47 Å². The summed E-state index contributed by atoms with van der Waals surface area (Å²) in [6.07, 6.45) is 5.45. The van der Waals surface area contributed by atoms with Crippen molar-refractivity contribution in [1.29, 1.82) is 0 Å². The van der Waals surface area contributed by atoms with Gasteiger partial charge in [0.15, 0.2) is 0 Å². The summed E-state index contributed by atoms with van der Waals surface area (Å²) in [6, 6.07) is 8.03. The molecular formula is C12H15BrO. The summed E-state index contributed by atoms with van der Waals surface area (Å²) < 4.78 is 6.75. The SMILES string of the molecule is Brc1ccc(OCCC2CCC2)cc1. The number of halogens is 1. The lowest BCUT2D eigenvalue weighted by Gasteiger charge is -2.24. The number of benzene rings is 1. The molecule has 0 unspecified atom stereocenters. The van der Waals surface area contributed by atoms with Crippen LogP contribution in [0, 0.1) is 5.92 Å². The van der Waals surface area contributed by atoms with Gasteiger partial charge in [-0.15, -0.1) is 0 Å². The molecule has 0 amide bonds. The fourth-order valence-corrected chi connectivity index (χ4v) is 1.92. The summed E-state index contributed by atoms with van der Waals surface area (Å²) in [5.41, 5.74) is 0. The van der Waals surface area contributed by atoms with Gasteiger partial charge in [-0.2, -0.15) is 0 Å². The van der Waals surface area contributed by atoms with Crippen molar-refractivity contribution in [2.75, 3.05) is 6.61 Å². The van der Waals surface area contributed by atoms with E-state index >= 15 is 0 Å². The average molecular weight is 255 g/mol. The molecule has 1 fully saturated rings. The molecule has 1 aliphatic carbocycles. The Labute approximate surface area is 93.6 Å². The third-order valence-electron chi connectivity index (χ3n) is 2.83. The highest BCUT2D eigenvalue weighted by molar-refractivity contribution is 9.10. The quantitative estimate of drug-likeness (QED) is 0.789. The summed E-state index contributed by atoms with van der Waals surface area (Å²) in [5.74, 6) is 1.91. The lowest BCUT2D eigenvalue weighted by Crippen LogP contribution is -2.14. The van der Waals surface area contributed by atoms with E-state index in [0.29, 0.717) is 0 Å². The van der Waals surface area contributed by atoms with E-state index < -0.39 is 0 Å². The van der Waals surface area contributed by atoms with Gasteiger partial charge in [-0.25, -0.2) is 0 Å². The summed E-state index contributed by atoms with van der Waals surface area (Å²) in [5, 5.41) is 0. The third-order valence-corrected chi connectivity index (χ3v) is 3.36. The maximum atomic E-state index is 5.65. The lowest BCUT2D eigenvalue weighted by molar-refractivity contribution is 0.222. The lowest BCUT2D eigenvalue weighted by atomic mass is 9.83. The van der Waals surface area contributed by atoms with Crippen LogP contribution in [-0.2, 0) is 0 Å².